The topological polar surface area (TPSA) is 76.3 Å². The molecule has 0 radical (unpaired) electrons. The summed E-state index contributed by atoms with van der Waals surface area (Å²) in [4.78, 5) is 31.4. The normalized spacial score (nSPS) is 11.2. The number of carbonyl (C=O) groups is 1. The summed E-state index contributed by atoms with van der Waals surface area (Å²) in [7, 11) is 0. The minimum atomic E-state index is -0.283. The van der Waals surface area contributed by atoms with Gasteiger partial charge in [-0.2, -0.15) is 5.10 Å². The quantitative estimate of drug-likeness (QED) is 0.182. The Morgan fingerprint density at radius 1 is 1.06 bits per heavy atom. The van der Waals surface area contributed by atoms with E-state index in [0.29, 0.717) is 21.7 Å². The molecule has 33 heavy (non-hydrogen) atoms. The van der Waals surface area contributed by atoms with Crippen molar-refractivity contribution in [3.8, 4) is 5.69 Å². The van der Waals surface area contributed by atoms with Gasteiger partial charge in [-0.15, -0.1) is 11.8 Å². The molecule has 0 atom stereocenters. The third-order valence-corrected chi connectivity index (χ3v) is 6.57. The first-order valence-electron chi connectivity index (χ1n) is 10.2. The van der Waals surface area contributed by atoms with Crippen LogP contribution in [0.3, 0.4) is 0 Å². The summed E-state index contributed by atoms with van der Waals surface area (Å²) in [5.74, 6) is -0.214. The summed E-state index contributed by atoms with van der Waals surface area (Å²) in [6.45, 7) is 1.99. The minimum Gasteiger partial charge on any atom is -0.272 e. The maximum absolute atomic E-state index is 13.2. The van der Waals surface area contributed by atoms with E-state index >= 15 is 0 Å². The molecule has 0 saturated heterocycles. The maximum atomic E-state index is 13.2. The predicted molar refractivity (Wildman–Crippen MR) is 137 cm³/mol. The number of hydrogen-bond acceptors (Lipinski definition) is 6. The Morgan fingerprint density at radius 3 is 2.52 bits per heavy atom. The Hall–Kier alpha value is -3.36. The van der Waals surface area contributed by atoms with Gasteiger partial charge in [0, 0.05) is 4.90 Å². The molecule has 3 aromatic carbocycles. The van der Waals surface area contributed by atoms with Gasteiger partial charge in [0.15, 0.2) is 5.16 Å². The smallest absolute Gasteiger partial charge is 0.266 e. The first kappa shape index (κ1) is 22.8. The molecule has 0 bridgehead atoms. The van der Waals surface area contributed by atoms with E-state index in [9.17, 15) is 9.59 Å². The molecule has 0 saturated carbocycles. The lowest BCUT2D eigenvalue weighted by Gasteiger charge is -2.13. The van der Waals surface area contributed by atoms with E-state index in [4.69, 9.17) is 0 Å². The van der Waals surface area contributed by atoms with E-state index in [2.05, 4.69) is 15.5 Å². The Balaban J connectivity index is 1.53. The molecule has 1 aromatic heterocycles. The standard InChI is InChI=1S/C25H22N4O2S2/c1-17-7-11-19(12-8-17)29-24(31)21-5-3-4-6-22(21)27-25(29)33-16-23(30)28-26-15-18-9-13-20(32-2)14-10-18/h3-15H,16H2,1-2H3,(H,28,30)/b26-15+. The molecule has 6 nitrogen and oxygen atoms in total. The van der Waals surface area contributed by atoms with Gasteiger partial charge in [0.2, 0.25) is 0 Å². The van der Waals surface area contributed by atoms with Crippen molar-refractivity contribution in [1.82, 2.24) is 15.0 Å². The number of hydrazone groups is 1. The first-order chi connectivity index (χ1) is 16.0. The van der Waals surface area contributed by atoms with Crippen LogP contribution in [-0.4, -0.2) is 33.7 Å². The molecule has 0 aliphatic rings. The zero-order valence-electron chi connectivity index (χ0n) is 18.2. The number of para-hydroxylation sites is 1. The summed E-state index contributed by atoms with van der Waals surface area (Å²) >= 11 is 2.86. The zero-order valence-corrected chi connectivity index (χ0v) is 19.8. The monoisotopic (exact) mass is 474 g/mol. The predicted octanol–water partition coefficient (Wildman–Crippen LogP) is 4.66. The number of aromatic nitrogens is 2. The number of benzene rings is 3. The molecule has 0 unspecified atom stereocenters. The number of aryl methyl sites for hydroxylation is 1. The lowest BCUT2D eigenvalue weighted by molar-refractivity contribution is -0.118. The van der Waals surface area contributed by atoms with Gasteiger partial charge in [0.1, 0.15) is 0 Å². The largest absolute Gasteiger partial charge is 0.272 e. The summed E-state index contributed by atoms with van der Waals surface area (Å²) in [5.41, 5.74) is 5.66. The van der Waals surface area contributed by atoms with Crippen LogP contribution in [0.15, 0.2) is 92.7 Å². The van der Waals surface area contributed by atoms with Crippen LogP contribution in [0.4, 0.5) is 0 Å². The highest BCUT2D eigenvalue weighted by atomic mass is 32.2. The third kappa shape index (κ3) is 5.53. The second-order valence-corrected chi connectivity index (χ2v) is 9.06. The number of hydrogen-bond donors (Lipinski definition) is 1. The minimum absolute atomic E-state index is 0.0688. The van der Waals surface area contributed by atoms with Crippen LogP contribution in [0.25, 0.3) is 16.6 Å². The Morgan fingerprint density at radius 2 is 1.79 bits per heavy atom. The molecule has 1 N–H and O–H groups in total. The highest BCUT2D eigenvalue weighted by Crippen LogP contribution is 2.21. The summed E-state index contributed by atoms with van der Waals surface area (Å²) in [6.07, 6.45) is 3.62. The first-order valence-corrected chi connectivity index (χ1v) is 12.4. The molecular formula is C25H22N4O2S2. The average Bonchev–Trinajstić information content (AvgIpc) is 2.84. The van der Waals surface area contributed by atoms with Crippen molar-refractivity contribution in [3.63, 3.8) is 0 Å². The molecule has 0 aliphatic heterocycles. The van der Waals surface area contributed by atoms with Crippen molar-refractivity contribution in [2.24, 2.45) is 5.10 Å². The number of amides is 1. The number of nitrogens with zero attached hydrogens (tertiary/aromatic N) is 3. The molecule has 166 valence electrons. The molecule has 1 amide bonds. The molecule has 4 rings (SSSR count). The van der Waals surface area contributed by atoms with Crippen molar-refractivity contribution in [2.45, 2.75) is 17.0 Å². The summed E-state index contributed by atoms with van der Waals surface area (Å²) in [5, 5.41) is 5.02. The van der Waals surface area contributed by atoms with Gasteiger partial charge in [-0.25, -0.2) is 10.4 Å². The molecule has 0 spiro atoms. The summed E-state index contributed by atoms with van der Waals surface area (Å²) < 4.78 is 1.55. The number of fused-ring (bicyclic) bond motifs is 1. The van der Waals surface area contributed by atoms with Crippen LogP contribution in [0.2, 0.25) is 0 Å². The van der Waals surface area contributed by atoms with Crippen molar-refractivity contribution in [1.29, 1.82) is 0 Å². The van der Waals surface area contributed by atoms with Crippen LogP contribution in [0.5, 0.6) is 0 Å². The van der Waals surface area contributed by atoms with E-state index in [0.717, 1.165) is 16.0 Å². The fraction of sp³-hybridized carbons (Fsp3) is 0.120. The van der Waals surface area contributed by atoms with E-state index < -0.39 is 0 Å². The fourth-order valence-corrected chi connectivity index (χ4v) is 4.38. The number of nitrogens with one attached hydrogen (secondary N) is 1. The maximum Gasteiger partial charge on any atom is 0.266 e. The van der Waals surface area contributed by atoms with E-state index in [1.165, 1.54) is 11.8 Å². The van der Waals surface area contributed by atoms with Gasteiger partial charge in [-0.1, -0.05) is 53.7 Å². The van der Waals surface area contributed by atoms with Crippen molar-refractivity contribution >= 4 is 46.5 Å². The Bertz CT molecular complexity index is 1360. The zero-order chi connectivity index (χ0) is 23.2. The van der Waals surface area contributed by atoms with Crippen LogP contribution >= 0.6 is 23.5 Å². The van der Waals surface area contributed by atoms with Gasteiger partial charge in [0.05, 0.1) is 28.6 Å². The molecular weight excluding hydrogens is 452 g/mol. The fourth-order valence-electron chi connectivity index (χ4n) is 3.16. The molecule has 4 aromatic rings. The number of carbonyl (C=O) groups excluding carboxylic acids is 1. The summed E-state index contributed by atoms with van der Waals surface area (Å²) in [6, 6.07) is 22.7. The van der Waals surface area contributed by atoms with Crippen LogP contribution in [-0.2, 0) is 4.79 Å². The van der Waals surface area contributed by atoms with E-state index in [1.807, 2.05) is 73.8 Å². The van der Waals surface area contributed by atoms with Gasteiger partial charge in [-0.05, 0) is 55.1 Å². The Labute approximate surface area is 200 Å². The van der Waals surface area contributed by atoms with E-state index in [-0.39, 0.29) is 17.2 Å². The average molecular weight is 475 g/mol. The SMILES string of the molecule is CSc1ccc(/C=N/NC(=O)CSc2nc3ccccc3c(=O)n2-c2ccc(C)cc2)cc1. The second-order valence-electron chi connectivity index (χ2n) is 7.24. The third-order valence-electron chi connectivity index (χ3n) is 4.89. The van der Waals surface area contributed by atoms with Gasteiger partial charge in [0.25, 0.3) is 11.5 Å². The van der Waals surface area contributed by atoms with Gasteiger partial charge >= 0.3 is 0 Å². The van der Waals surface area contributed by atoms with Gasteiger partial charge in [-0.3, -0.25) is 14.2 Å². The van der Waals surface area contributed by atoms with Crippen LogP contribution in [0.1, 0.15) is 11.1 Å². The van der Waals surface area contributed by atoms with Crippen LogP contribution < -0.4 is 11.0 Å². The van der Waals surface area contributed by atoms with Crippen molar-refractivity contribution < 1.29 is 4.79 Å². The molecule has 0 aliphatic carbocycles. The molecule has 0 fully saturated rings. The number of thioether (sulfide) groups is 2. The van der Waals surface area contributed by atoms with Crippen molar-refractivity contribution in [3.05, 3.63) is 94.3 Å². The van der Waals surface area contributed by atoms with Gasteiger partial charge < -0.3 is 0 Å². The van der Waals surface area contributed by atoms with E-state index in [1.54, 1.807) is 34.7 Å². The molecule has 8 heteroatoms. The highest BCUT2D eigenvalue weighted by Gasteiger charge is 2.14. The molecule has 1 heterocycles. The van der Waals surface area contributed by atoms with Crippen molar-refractivity contribution in [2.75, 3.05) is 12.0 Å². The lowest BCUT2D eigenvalue weighted by atomic mass is 10.2. The van der Waals surface area contributed by atoms with Crippen LogP contribution in [0, 0.1) is 6.92 Å². The second kappa shape index (κ2) is 10.5. The lowest BCUT2D eigenvalue weighted by Crippen LogP contribution is -2.24. The highest BCUT2D eigenvalue weighted by molar-refractivity contribution is 7.99. The Kier molecular flexibility index (Phi) is 7.26. The number of rotatable bonds is 7.